The van der Waals surface area contributed by atoms with Crippen molar-refractivity contribution in [1.82, 2.24) is 14.8 Å². The summed E-state index contributed by atoms with van der Waals surface area (Å²) in [6, 6.07) is 9.83. The maximum Gasteiger partial charge on any atom is 0.417 e. The van der Waals surface area contributed by atoms with Crippen LogP contribution < -0.4 is 0 Å². The van der Waals surface area contributed by atoms with Crippen LogP contribution in [0.25, 0.3) is 16.9 Å². The van der Waals surface area contributed by atoms with Gasteiger partial charge in [0.1, 0.15) is 0 Å². The Kier molecular flexibility index (Phi) is 3.13. The minimum Gasteiger partial charge on any atom is -0.493 e. The van der Waals surface area contributed by atoms with Gasteiger partial charge in [0.2, 0.25) is 5.88 Å². The molecule has 0 bridgehead atoms. The maximum absolute atomic E-state index is 12.6. The molecule has 0 saturated heterocycles. The summed E-state index contributed by atoms with van der Waals surface area (Å²) in [6.45, 7) is 0. The van der Waals surface area contributed by atoms with Crippen molar-refractivity contribution in [3.63, 3.8) is 0 Å². The summed E-state index contributed by atoms with van der Waals surface area (Å²) in [5, 5.41) is 14.9. The van der Waals surface area contributed by atoms with Crippen LogP contribution in [0, 0.1) is 0 Å². The molecule has 1 aliphatic rings. The van der Waals surface area contributed by atoms with Crippen molar-refractivity contribution in [2.75, 3.05) is 0 Å². The Labute approximate surface area is 135 Å². The van der Waals surface area contributed by atoms with Crippen molar-refractivity contribution in [3.05, 3.63) is 59.4 Å². The summed E-state index contributed by atoms with van der Waals surface area (Å²) in [4.78, 5) is 3.80. The Morgan fingerprint density at radius 1 is 1.04 bits per heavy atom. The summed E-state index contributed by atoms with van der Waals surface area (Å²) in [6.07, 6.45) is -2.24. The van der Waals surface area contributed by atoms with Crippen LogP contribution in [0.3, 0.4) is 0 Å². The molecule has 3 aromatic rings. The number of rotatable bonds is 1. The summed E-state index contributed by atoms with van der Waals surface area (Å²) >= 11 is 0. The molecule has 1 N–H and O–H groups in total. The average Bonchev–Trinajstić information content (AvgIpc) is 2.91. The fourth-order valence-electron chi connectivity index (χ4n) is 2.98. The molecule has 2 heterocycles. The van der Waals surface area contributed by atoms with Gasteiger partial charge in [0.05, 0.1) is 16.8 Å². The van der Waals surface area contributed by atoms with E-state index in [9.17, 15) is 18.3 Å². The van der Waals surface area contributed by atoms with Crippen molar-refractivity contribution >= 4 is 0 Å². The molecule has 0 atom stereocenters. The highest BCUT2D eigenvalue weighted by molar-refractivity contribution is 5.76. The number of benzene rings is 1. The normalized spacial score (nSPS) is 13.5. The molecule has 24 heavy (non-hydrogen) atoms. The lowest BCUT2D eigenvalue weighted by atomic mass is 9.90. The fourth-order valence-corrected chi connectivity index (χ4v) is 2.98. The van der Waals surface area contributed by atoms with Crippen molar-refractivity contribution in [1.29, 1.82) is 0 Å². The second-order valence-corrected chi connectivity index (χ2v) is 5.62. The van der Waals surface area contributed by atoms with Gasteiger partial charge in [0.25, 0.3) is 0 Å². The van der Waals surface area contributed by atoms with E-state index in [-0.39, 0.29) is 11.7 Å². The van der Waals surface area contributed by atoms with Crippen LogP contribution in [0.1, 0.15) is 16.8 Å². The summed E-state index contributed by atoms with van der Waals surface area (Å²) in [5.74, 6) is 0.0387. The number of aromatic nitrogens is 3. The largest absolute Gasteiger partial charge is 0.493 e. The molecule has 2 aromatic heterocycles. The number of halogens is 3. The lowest BCUT2D eigenvalue weighted by Gasteiger charge is -2.14. The molecule has 4 nitrogen and oxygen atoms in total. The number of aromatic hydroxyl groups is 1. The zero-order valence-corrected chi connectivity index (χ0v) is 12.4. The van der Waals surface area contributed by atoms with Gasteiger partial charge in [-0.25, -0.2) is 4.98 Å². The highest BCUT2D eigenvalue weighted by Gasteiger charge is 2.31. The maximum atomic E-state index is 12.6. The third-order valence-corrected chi connectivity index (χ3v) is 4.14. The van der Waals surface area contributed by atoms with E-state index in [4.69, 9.17) is 0 Å². The Morgan fingerprint density at radius 3 is 2.54 bits per heavy atom. The first-order valence-electron chi connectivity index (χ1n) is 7.38. The number of aryl methyl sites for hydroxylation is 2. The monoisotopic (exact) mass is 331 g/mol. The molecular formula is C17H12F3N3O. The highest BCUT2D eigenvalue weighted by atomic mass is 19.4. The molecule has 122 valence electrons. The predicted molar refractivity (Wildman–Crippen MR) is 80.9 cm³/mol. The second kappa shape index (κ2) is 5.09. The van der Waals surface area contributed by atoms with Gasteiger partial charge in [-0.15, -0.1) is 0 Å². The Bertz CT molecular complexity index is 914. The molecule has 0 amide bonds. The first-order valence-corrected chi connectivity index (χ1v) is 7.38. The summed E-state index contributed by atoms with van der Waals surface area (Å²) in [7, 11) is 0. The molecule has 1 aromatic carbocycles. The third kappa shape index (κ3) is 2.24. The minimum absolute atomic E-state index is 0.107. The number of pyridine rings is 1. The van der Waals surface area contributed by atoms with E-state index >= 15 is 0 Å². The van der Waals surface area contributed by atoms with E-state index in [0.29, 0.717) is 17.7 Å². The van der Waals surface area contributed by atoms with E-state index in [0.717, 1.165) is 29.8 Å². The molecule has 4 rings (SSSR count). The highest BCUT2D eigenvalue weighted by Crippen LogP contribution is 2.40. The molecule has 0 radical (unpaired) electrons. The topological polar surface area (TPSA) is 50.9 Å². The van der Waals surface area contributed by atoms with Gasteiger partial charge in [-0.1, -0.05) is 24.3 Å². The average molecular weight is 331 g/mol. The first kappa shape index (κ1) is 14.7. The van der Waals surface area contributed by atoms with Crippen LogP contribution in [-0.2, 0) is 19.0 Å². The SMILES string of the molecule is Oc1c2c(nn1-c1ccc(C(F)(F)F)cn1)CCc1ccccc1-2. The molecule has 0 spiro atoms. The molecule has 0 unspecified atom stereocenters. The number of hydrogen-bond acceptors (Lipinski definition) is 3. The van der Waals surface area contributed by atoms with Crippen LogP contribution in [-0.4, -0.2) is 19.9 Å². The number of alkyl halides is 3. The molecule has 0 saturated carbocycles. The zero-order chi connectivity index (χ0) is 16.9. The van der Waals surface area contributed by atoms with Crippen LogP contribution in [0.5, 0.6) is 5.88 Å². The van der Waals surface area contributed by atoms with Crippen molar-refractivity contribution in [3.8, 4) is 22.8 Å². The summed E-state index contributed by atoms with van der Waals surface area (Å²) < 4.78 is 39.1. The smallest absolute Gasteiger partial charge is 0.417 e. The Balaban J connectivity index is 1.81. The van der Waals surface area contributed by atoms with Gasteiger partial charge < -0.3 is 5.11 Å². The van der Waals surface area contributed by atoms with Crippen LogP contribution in [0.15, 0.2) is 42.6 Å². The van der Waals surface area contributed by atoms with E-state index in [1.54, 1.807) is 0 Å². The van der Waals surface area contributed by atoms with Gasteiger partial charge in [-0.05, 0) is 36.1 Å². The lowest BCUT2D eigenvalue weighted by molar-refractivity contribution is -0.137. The van der Waals surface area contributed by atoms with E-state index in [2.05, 4.69) is 10.1 Å². The van der Waals surface area contributed by atoms with E-state index < -0.39 is 11.7 Å². The van der Waals surface area contributed by atoms with Gasteiger partial charge in [-0.3, -0.25) is 0 Å². The fraction of sp³-hybridized carbons (Fsp3) is 0.176. The van der Waals surface area contributed by atoms with Crippen LogP contribution >= 0.6 is 0 Å². The van der Waals surface area contributed by atoms with Crippen LogP contribution in [0.4, 0.5) is 13.2 Å². The van der Waals surface area contributed by atoms with Crippen molar-refractivity contribution < 1.29 is 18.3 Å². The standard InChI is InChI=1S/C17H12F3N3O/c18-17(19,20)11-6-8-14(21-9-11)23-16(24)15-12-4-2-1-3-10(12)5-7-13(15)22-23/h1-4,6,8-9,24H,5,7H2. The molecule has 0 fully saturated rings. The quantitative estimate of drug-likeness (QED) is 0.739. The molecule has 0 aliphatic heterocycles. The lowest BCUT2D eigenvalue weighted by Crippen LogP contribution is -2.07. The number of fused-ring (bicyclic) bond motifs is 3. The van der Waals surface area contributed by atoms with Gasteiger partial charge in [0, 0.05) is 6.20 Å². The van der Waals surface area contributed by atoms with Gasteiger partial charge in [0.15, 0.2) is 5.82 Å². The van der Waals surface area contributed by atoms with Crippen LogP contribution in [0.2, 0.25) is 0 Å². The van der Waals surface area contributed by atoms with E-state index in [1.807, 2.05) is 24.3 Å². The second-order valence-electron chi connectivity index (χ2n) is 5.62. The Morgan fingerprint density at radius 2 is 1.83 bits per heavy atom. The van der Waals surface area contributed by atoms with Gasteiger partial charge in [-0.2, -0.15) is 23.0 Å². The van der Waals surface area contributed by atoms with E-state index in [1.165, 1.54) is 10.7 Å². The summed E-state index contributed by atoms with van der Waals surface area (Å²) in [5.41, 5.74) is 2.51. The zero-order valence-electron chi connectivity index (χ0n) is 12.4. The molecular weight excluding hydrogens is 319 g/mol. The number of hydrogen-bond donors (Lipinski definition) is 1. The van der Waals surface area contributed by atoms with Crippen molar-refractivity contribution in [2.24, 2.45) is 0 Å². The molecule has 1 aliphatic carbocycles. The van der Waals surface area contributed by atoms with Gasteiger partial charge >= 0.3 is 6.18 Å². The Hall–Kier alpha value is -2.83. The number of nitrogens with zero attached hydrogens (tertiary/aromatic N) is 3. The predicted octanol–water partition coefficient (Wildman–Crippen LogP) is 3.76. The molecule has 7 heteroatoms. The first-order chi connectivity index (χ1) is 11.4. The third-order valence-electron chi connectivity index (χ3n) is 4.14. The van der Waals surface area contributed by atoms with Crippen molar-refractivity contribution in [2.45, 2.75) is 19.0 Å². The minimum atomic E-state index is -4.45.